The third kappa shape index (κ3) is 16.1. The van der Waals surface area contributed by atoms with Crippen molar-refractivity contribution in [2.45, 2.75) is 46.5 Å². The molecule has 0 aromatic carbocycles. The first-order valence-electron chi connectivity index (χ1n) is 5.06. The van der Waals surface area contributed by atoms with Crippen molar-refractivity contribution < 1.29 is 18.2 Å². The molecule has 0 aliphatic rings. The van der Waals surface area contributed by atoms with Gasteiger partial charge in [0.05, 0.1) is 11.5 Å². The van der Waals surface area contributed by atoms with Gasteiger partial charge in [0, 0.05) is 0 Å². The number of hydrogen-bond donors (Lipinski definition) is 2. The predicted octanol–water partition coefficient (Wildman–Crippen LogP) is 2.31. The zero-order valence-electron chi connectivity index (χ0n) is 9.60. The summed E-state index contributed by atoms with van der Waals surface area (Å²) in [5.74, 6) is -0.108. The summed E-state index contributed by atoms with van der Waals surface area (Å²) in [5.41, 5.74) is 0.861. The van der Waals surface area contributed by atoms with Crippen LogP contribution in [0.4, 0.5) is 0 Å². The van der Waals surface area contributed by atoms with Gasteiger partial charge in [0.15, 0.2) is 0 Å². The van der Waals surface area contributed by atoms with Crippen LogP contribution in [-0.4, -0.2) is 29.6 Å². The molecule has 0 rings (SSSR count). The van der Waals surface area contributed by atoms with E-state index in [-0.39, 0.29) is 5.75 Å². The van der Waals surface area contributed by atoms with E-state index in [4.69, 9.17) is 9.76 Å². The minimum atomic E-state index is -3.69. The summed E-state index contributed by atoms with van der Waals surface area (Å²) in [6.45, 7) is 5.81. The second-order valence-electron chi connectivity index (χ2n) is 3.01. The van der Waals surface area contributed by atoms with Crippen molar-refractivity contribution in [2.24, 2.45) is 5.16 Å². The summed E-state index contributed by atoms with van der Waals surface area (Å²) in [6, 6.07) is 0. The molecule has 0 spiro atoms. The van der Waals surface area contributed by atoms with Gasteiger partial charge in [0.25, 0.3) is 10.1 Å². The zero-order valence-corrected chi connectivity index (χ0v) is 10.4. The van der Waals surface area contributed by atoms with Gasteiger partial charge >= 0.3 is 0 Å². The summed E-state index contributed by atoms with van der Waals surface area (Å²) < 4.78 is 28.0. The maximum absolute atomic E-state index is 9.95. The molecule has 0 aromatic heterocycles. The van der Waals surface area contributed by atoms with E-state index < -0.39 is 10.1 Å². The smallest absolute Gasteiger partial charge is 0.264 e. The van der Waals surface area contributed by atoms with E-state index >= 15 is 0 Å². The Bertz CT molecular complexity index is 253. The molecule has 0 fully saturated rings. The van der Waals surface area contributed by atoms with E-state index in [0.717, 1.165) is 25.0 Å². The quantitative estimate of drug-likeness (QED) is 0.333. The molecule has 2 N–H and O–H groups in total. The number of nitrogens with zero attached hydrogens (tertiary/aromatic N) is 1. The lowest BCUT2D eigenvalue weighted by Crippen LogP contribution is -2.02. The second-order valence-corrected chi connectivity index (χ2v) is 4.59. The highest BCUT2D eigenvalue weighted by Crippen LogP contribution is 1.90. The van der Waals surface area contributed by atoms with Gasteiger partial charge in [-0.3, -0.25) is 4.55 Å². The third-order valence-electron chi connectivity index (χ3n) is 1.71. The first-order valence-corrected chi connectivity index (χ1v) is 6.67. The van der Waals surface area contributed by atoms with Gasteiger partial charge in [-0.2, -0.15) is 8.42 Å². The lowest BCUT2D eigenvalue weighted by Gasteiger charge is -1.90. The van der Waals surface area contributed by atoms with E-state index in [1.807, 2.05) is 20.8 Å². The average molecular weight is 239 g/mol. The Balaban J connectivity index is 0. The Kier molecular flexibility index (Phi) is 11.1. The summed E-state index contributed by atoms with van der Waals surface area (Å²) in [7, 11) is -3.69. The molecule has 0 amide bonds. The van der Waals surface area contributed by atoms with Gasteiger partial charge in [-0.25, -0.2) is 0 Å². The maximum atomic E-state index is 9.95. The largest absolute Gasteiger partial charge is 0.411 e. The molecule has 0 aromatic rings. The van der Waals surface area contributed by atoms with Gasteiger partial charge in [0.2, 0.25) is 0 Å². The minimum absolute atomic E-state index is 0.108. The molecular formula is C9H21NO4S. The van der Waals surface area contributed by atoms with Crippen molar-refractivity contribution in [1.82, 2.24) is 0 Å². The van der Waals surface area contributed by atoms with Crippen molar-refractivity contribution in [3.63, 3.8) is 0 Å². The summed E-state index contributed by atoms with van der Waals surface area (Å²) >= 11 is 0. The number of unbranched alkanes of at least 4 members (excludes halogenated alkanes) is 1. The predicted molar refractivity (Wildman–Crippen MR) is 61.1 cm³/mol. The van der Waals surface area contributed by atoms with Gasteiger partial charge in [0.1, 0.15) is 0 Å². The van der Waals surface area contributed by atoms with Crippen LogP contribution in [0.2, 0.25) is 0 Å². The Morgan fingerprint density at radius 2 is 1.67 bits per heavy atom. The maximum Gasteiger partial charge on any atom is 0.264 e. The van der Waals surface area contributed by atoms with Crippen molar-refractivity contribution in [3.8, 4) is 0 Å². The van der Waals surface area contributed by atoms with E-state index in [2.05, 4.69) is 5.16 Å². The van der Waals surface area contributed by atoms with Crippen molar-refractivity contribution in [1.29, 1.82) is 0 Å². The fourth-order valence-corrected chi connectivity index (χ4v) is 1.37. The molecule has 5 nitrogen and oxygen atoms in total. The van der Waals surface area contributed by atoms with Gasteiger partial charge in [-0.1, -0.05) is 32.3 Å². The molecule has 0 atom stereocenters. The van der Waals surface area contributed by atoms with Crippen LogP contribution in [0.1, 0.15) is 46.5 Å². The standard InChI is InChI=1S/C5H11NO.C4H10O3S/c1-3-5(4-2)6-7;1-2-3-4-8(5,6)7/h7H,3-4H2,1-2H3;2-4H2,1H3,(H,5,6,7). The first kappa shape index (κ1) is 16.8. The van der Waals surface area contributed by atoms with Crippen molar-refractivity contribution in [3.05, 3.63) is 0 Å². The molecule has 0 aliphatic heterocycles. The molecule has 0 aliphatic carbocycles. The van der Waals surface area contributed by atoms with Crippen LogP contribution in [-0.2, 0) is 10.1 Å². The Morgan fingerprint density at radius 3 is 1.73 bits per heavy atom. The first-order chi connectivity index (χ1) is 6.91. The Morgan fingerprint density at radius 1 is 1.20 bits per heavy atom. The van der Waals surface area contributed by atoms with E-state index in [9.17, 15) is 8.42 Å². The molecule has 0 bridgehead atoms. The fourth-order valence-electron chi connectivity index (χ4n) is 0.718. The van der Waals surface area contributed by atoms with Crippen molar-refractivity contribution in [2.75, 3.05) is 5.75 Å². The number of oxime groups is 1. The third-order valence-corrected chi connectivity index (χ3v) is 2.52. The minimum Gasteiger partial charge on any atom is -0.411 e. The summed E-state index contributed by atoms with van der Waals surface area (Å²) in [4.78, 5) is 0. The van der Waals surface area contributed by atoms with Crippen molar-refractivity contribution >= 4 is 15.8 Å². The van der Waals surface area contributed by atoms with Crippen LogP contribution in [0.15, 0.2) is 5.16 Å². The molecular weight excluding hydrogens is 218 g/mol. The lowest BCUT2D eigenvalue weighted by molar-refractivity contribution is 0.316. The summed E-state index contributed by atoms with van der Waals surface area (Å²) in [6.07, 6.45) is 3.04. The van der Waals surface area contributed by atoms with Crippen LogP contribution in [0.5, 0.6) is 0 Å². The Labute approximate surface area is 91.9 Å². The zero-order chi connectivity index (χ0) is 12.3. The molecule has 0 saturated carbocycles. The highest BCUT2D eigenvalue weighted by Gasteiger charge is 2.00. The highest BCUT2D eigenvalue weighted by molar-refractivity contribution is 7.85. The lowest BCUT2D eigenvalue weighted by atomic mass is 10.2. The second kappa shape index (κ2) is 9.92. The van der Waals surface area contributed by atoms with Gasteiger partial charge in [-0.15, -0.1) is 0 Å². The number of rotatable bonds is 5. The topological polar surface area (TPSA) is 87.0 Å². The Hall–Kier alpha value is -0.620. The van der Waals surface area contributed by atoms with E-state index in [1.54, 1.807) is 0 Å². The molecule has 92 valence electrons. The SMILES string of the molecule is CCC(CC)=NO.CCCCS(=O)(=O)O. The van der Waals surface area contributed by atoms with Gasteiger partial charge < -0.3 is 5.21 Å². The molecule has 6 heteroatoms. The van der Waals surface area contributed by atoms with Crippen LogP contribution in [0, 0.1) is 0 Å². The average Bonchev–Trinajstić information content (AvgIpc) is 2.17. The van der Waals surface area contributed by atoms with Crippen LogP contribution >= 0.6 is 0 Å². The van der Waals surface area contributed by atoms with Crippen LogP contribution in [0.25, 0.3) is 0 Å². The van der Waals surface area contributed by atoms with Gasteiger partial charge in [-0.05, 0) is 19.3 Å². The fraction of sp³-hybridized carbons (Fsp3) is 0.889. The highest BCUT2D eigenvalue weighted by atomic mass is 32.2. The number of hydrogen-bond acceptors (Lipinski definition) is 4. The molecule has 0 saturated heterocycles. The molecule has 0 unspecified atom stereocenters. The molecule has 0 heterocycles. The van der Waals surface area contributed by atoms with E-state index in [0.29, 0.717) is 6.42 Å². The van der Waals surface area contributed by atoms with E-state index in [1.165, 1.54) is 0 Å². The van der Waals surface area contributed by atoms with Crippen LogP contribution in [0.3, 0.4) is 0 Å². The summed E-state index contributed by atoms with van der Waals surface area (Å²) in [5, 5.41) is 11.2. The normalized spacial score (nSPS) is 10.1. The molecule has 0 radical (unpaired) electrons. The monoisotopic (exact) mass is 239 g/mol. The van der Waals surface area contributed by atoms with Crippen LogP contribution < -0.4 is 0 Å². The molecule has 15 heavy (non-hydrogen) atoms.